The Labute approximate surface area is 123 Å². The summed E-state index contributed by atoms with van der Waals surface area (Å²) in [5.74, 6) is 0.804. The Balaban J connectivity index is 1.91. The molecule has 0 radical (unpaired) electrons. The number of rotatable bonds is 6. The summed E-state index contributed by atoms with van der Waals surface area (Å²) in [6, 6.07) is 0.433. The highest BCUT2D eigenvalue weighted by atomic mass is 32.2. The van der Waals surface area contributed by atoms with Crippen molar-refractivity contribution in [2.45, 2.75) is 56.6 Å². The van der Waals surface area contributed by atoms with Crippen LogP contribution in [0.2, 0.25) is 0 Å². The van der Waals surface area contributed by atoms with Gasteiger partial charge < -0.3 is 5.32 Å². The normalized spacial score (nSPS) is 32.5. The molecule has 0 aromatic carbocycles. The van der Waals surface area contributed by atoms with E-state index in [1.165, 1.54) is 12.8 Å². The van der Waals surface area contributed by atoms with Crippen molar-refractivity contribution in [2.75, 3.05) is 25.4 Å². The van der Waals surface area contributed by atoms with Crippen molar-refractivity contribution in [1.82, 2.24) is 10.2 Å². The zero-order valence-electron chi connectivity index (χ0n) is 12.3. The molecule has 1 heterocycles. The average Bonchev–Trinajstić information content (AvgIpc) is 3.16. The average molecular weight is 310 g/mol. The van der Waals surface area contributed by atoms with Gasteiger partial charge in [0.2, 0.25) is 0 Å². The Hall–Kier alpha value is 0.0600. The van der Waals surface area contributed by atoms with Crippen LogP contribution in [0, 0.1) is 5.92 Å². The van der Waals surface area contributed by atoms with Crippen LogP contribution in [0.4, 0.5) is 13.2 Å². The highest BCUT2D eigenvalue weighted by Gasteiger charge is 2.48. The third-order valence-electron chi connectivity index (χ3n) is 4.63. The van der Waals surface area contributed by atoms with Crippen molar-refractivity contribution in [2.24, 2.45) is 5.92 Å². The van der Waals surface area contributed by atoms with Crippen LogP contribution in [-0.2, 0) is 0 Å². The van der Waals surface area contributed by atoms with Crippen molar-refractivity contribution in [3.63, 3.8) is 0 Å². The number of halogens is 3. The smallest absolute Gasteiger partial charge is 0.311 e. The Kier molecular flexibility index (Phi) is 5.29. The fourth-order valence-corrected chi connectivity index (χ4v) is 3.81. The van der Waals surface area contributed by atoms with Gasteiger partial charge in [-0.2, -0.15) is 13.2 Å². The lowest BCUT2D eigenvalue weighted by Crippen LogP contribution is -2.64. The minimum Gasteiger partial charge on any atom is -0.311 e. The van der Waals surface area contributed by atoms with Crippen LogP contribution in [0.1, 0.15) is 39.5 Å². The SMILES string of the molecule is CCCC1CN(CCSC(F)(F)F)C(C)(C2CC2)CN1. The van der Waals surface area contributed by atoms with Crippen LogP contribution >= 0.6 is 11.8 Å². The van der Waals surface area contributed by atoms with Crippen molar-refractivity contribution in [3.05, 3.63) is 0 Å². The van der Waals surface area contributed by atoms with E-state index >= 15 is 0 Å². The van der Waals surface area contributed by atoms with Gasteiger partial charge in [0, 0.05) is 37.0 Å². The zero-order valence-corrected chi connectivity index (χ0v) is 13.1. The van der Waals surface area contributed by atoms with Gasteiger partial charge in [0.15, 0.2) is 0 Å². The first-order valence-corrected chi connectivity index (χ1v) is 8.53. The number of alkyl halides is 3. The number of hydrogen-bond acceptors (Lipinski definition) is 3. The summed E-state index contributed by atoms with van der Waals surface area (Å²) in [6.07, 6.45) is 4.66. The van der Waals surface area contributed by atoms with E-state index in [4.69, 9.17) is 0 Å². The lowest BCUT2D eigenvalue weighted by Gasteiger charge is -2.49. The maximum atomic E-state index is 12.3. The molecule has 0 bridgehead atoms. The molecule has 1 saturated carbocycles. The number of thioether (sulfide) groups is 1. The van der Waals surface area contributed by atoms with Crippen LogP contribution < -0.4 is 5.32 Å². The van der Waals surface area contributed by atoms with Gasteiger partial charge in [0.05, 0.1) is 0 Å². The van der Waals surface area contributed by atoms with Crippen LogP contribution in [0.15, 0.2) is 0 Å². The van der Waals surface area contributed by atoms with Gasteiger partial charge in [0.1, 0.15) is 0 Å². The summed E-state index contributed by atoms with van der Waals surface area (Å²) in [6.45, 7) is 6.72. The molecule has 1 N–H and O–H groups in total. The summed E-state index contributed by atoms with van der Waals surface area (Å²) in [5, 5.41) is 3.60. The van der Waals surface area contributed by atoms with Crippen LogP contribution in [0.3, 0.4) is 0 Å². The summed E-state index contributed by atoms with van der Waals surface area (Å²) in [7, 11) is 0. The van der Waals surface area contributed by atoms with E-state index in [1.54, 1.807) is 0 Å². The largest absolute Gasteiger partial charge is 0.441 e. The van der Waals surface area contributed by atoms with Gasteiger partial charge in [-0.15, -0.1) is 0 Å². The van der Waals surface area contributed by atoms with Gasteiger partial charge in [-0.1, -0.05) is 13.3 Å². The number of hydrogen-bond donors (Lipinski definition) is 1. The highest BCUT2D eigenvalue weighted by Crippen LogP contribution is 2.44. The molecule has 2 atom stereocenters. The Morgan fingerprint density at radius 1 is 1.35 bits per heavy atom. The molecule has 2 fully saturated rings. The summed E-state index contributed by atoms with van der Waals surface area (Å²) >= 11 is 0.113. The monoisotopic (exact) mass is 310 g/mol. The molecule has 2 rings (SSSR count). The Morgan fingerprint density at radius 3 is 2.60 bits per heavy atom. The minimum atomic E-state index is -4.10. The molecular weight excluding hydrogens is 285 g/mol. The summed E-state index contributed by atoms with van der Waals surface area (Å²) < 4.78 is 36.9. The van der Waals surface area contributed by atoms with E-state index in [1.807, 2.05) is 0 Å². The van der Waals surface area contributed by atoms with E-state index in [9.17, 15) is 13.2 Å². The quantitative estimate of drug-likeness (QED) is 0.808. The van der Waals surface area contributed by atoms with Gasteiger partial charge in [-0.3, -0.25) is 4.90 Å². The lowest BCUT2D eigenvalue weighted by atomic mass is 9.89. The van der Waals surface area contributed by atoms with Crippen LogP contribution in [-0.4, -0.2) is 47.4 Å². The number of piperazine rings is 1. The topological polar surface area (TPSA) is 15.3 Å². The highest BCUT2D eigenvalue weighted by molar-refractivity contribution is 8.00. The molecule has 2 aliphatic rings. The van der Waals surface area contributed by atoms with E-state index in [2.05, 4.69) is 24.1 Å². The fraction of sp³-hybridized carbons (Fsp3) is 1.00. The number of nitrogens with zero attached hydrogens (tertiary/aromatic N) is 1. The molecule has 2 nitrogen and oxygen atoms in total. The van der Waals surface area contributed by atoms with Crippen molar-refractivity contribution in [1.29, 1.82) is 0 Å². The van der Waals surface area contributed by atoms with Gasteiger partial charge in [-0.05, 0) is 43.9 Å². The maximum absolute atomic E-state index is 12.3. The molecule has 20 heavy (non-hydrogen) atoms. The predicted octanol–water partition coefficient (Wildman–Crippen LogP) is 3.48. The number of nitrogens with one attached hydrogen (secondary N) is 1. The molecule has 6 heteroatoms. The second kappa shape index (κ2) is 6.44. The van der Waals surface area contributed by atoms with E-state index < -0.39 is 5.51 Å². The van der Waals surface area contributed by atoms with Crippen LogP contribution in [0.5, 0.6) is 0 Å². The predicted molar refractivity (Wildman–Crippen MR) is 77.9 cm³/mol. The third kappa shape index (κ3) is 4.28. The molecular formula is C14H25F3N2S. The fourth-order valence-electron chi connectivity index (χ4n) is 3.27. The Morgan fingerprint density at radius 2 is 2.05 bits per heavy atom. The standard InChI is InChI=1S/C14H25F3N2S/c1-3-4-12-9-19(7-8-20-14(15,16)17)13(2,10-18-12)11-5-6-11/h11-12,18H,3-10H2,1-2H3. The first-order valence-electron chi connectivity index (χ1n) is 7.54. The second-order valence-electron chi connectivity index (χ2n) is 6.24. The molecule has 2 unspecified atom stereocenters. The second-order valence-corrected chi connectivity index (χ2v) is 7.40. The lowest BCUT2D eigenvalue weighted by molar-refractivity contribution is -0.0332. The first-order chi connectivity index (χ1) is 9.35. The van der Waals surface area contributed by atoms with Gasteiger partial charge in [0.25, 0.3) is 0 Å². The molecule has 0 aromatic heterocycles. The van der Waals surface area contributed by atoms with Crippen molar-refractivity contribution >= 4 is 11.8 Å². The summed E-state index contributed by atoms with van der Waals surface area (Å²) in [4.78, 5) is 2.32. The minimum absolute atomic E-state index is 0.0520. The Bertz CT molecular complexity index is 320. The molecule has 1 saturated heterocycles. The van der Waals surface area contributed by atoms with E-state index in [0.717, 1.165) is 25.9 Å². The first kappa shape index (κ1) is 16.4. The summed E-state index contributed by atoms with van der Waals surface area (Å²) in [5.41, 5.74) is -4.05. The van der Waals surface area contributed by atoms with Crippen LogP contribution in [0.25, 0.3) is 0 Å². The third-order valence-corrected chi connectivity index (χ3v) is 5.35. The molecule has 1 aliphatic carbocycles. The van der Waals surface area contributed by atoms with Gasteiger partial charge in [-0.25, -0.2) is 0 Å². The van der Waals surface area contributed by atoms with Crippen molar-refractivity contribution < 1.29 is 13.2 Å². The van der Waals surface area contributed by atoms with E-state index in [-0.39, 0.29) is 23.1 Å². The molecule has 118 valence electrons. The maximum Gasteiger partial charge on any atom is 0.441 e. The molecule has 1 aliphatic heterocycles. The molecule has 0 amide bonds. The van der Waals surface area contributed by atoms with E-state index in [0.29, 0.717) is 18.5 Å². The molecule has 0 aromatic rings. The zero-order chi connectivity index (χ0) is 14.8. The molecule has 0 spiro atoms. The van der Waals surface area contributed by atoms with Crippen molar-refractivity contribution in [3.8, 4) is 0 Å². The van der Waals surface area contributed by atoms with Gasteiger partial charge >= 0.3 is 5.51 Å².